The Bertz CT molecular complexity index is 691. The van der Waals surface area contributed by atoms with E-state index in [4.69, 9.17) is 0 Å². The topological polar surface area (TPSA) is 25.2 Å². The number of rotatable bonds is 2. The first kappa shape index (κ1) is 15.7. The smallest absolute Gasteiger partial charge is 0.254 e. The van der Waals surface area contributed by atoms with Crippen molar-refractivity contribution in [2.24, 2.45) is 7.05 Å². The predicted molar refractivity (Wildman–Crippen MR) is 84.0 cm³/mol. The number of amides is 1. The van der Waals surface area contributed by atoms with Crippen LogP contribution in [0, 0.1) is 11.6 Å². The summed E-state index contributed by atoms with van der Waals surface area (Å²) in [4.78, 5) is 14.6. The summed E-state index contributed by atoms with van der Waals surface area (Å²) >= 11 is 0. The Morgan fingerprint density at radius 3 is 2.52 bits per heavy atom. The van der Waals surface area contributed by atoms with Crippen LogP contribution in [0.5, 0.6) is 0 Å². The fourth-order valence-electron chi connectivity index (χ4n) is 3.32. The minimum Gasteiger partial charge on any atom is -0.353 e. The number of aryl methyl sites for hydroxylation is 1. The summed E-state index contributed by atoms with van der Waals surface area (Å²) in [7, 11) is 1.95. The van der Waals surface area contributed by atoms with Gasteiger partial charge in [-0.3, -0.25) is 4.79 Å². The van der Waals surface area contributed by atoms with E-state index < -0.39 is 11.6 Å². The van der Waals surface area contributed by atoms with Gasteiger partial charge in [-0.1, -0.05) is 12.8 Å². The molecular weight excluding hydrogens is 298 g/mol. The molecular formula is C18H20F2N2O. The number of carbonyl (C=O) groups is 1. The molecule has 1 aliphatic heterocycles. The van der Waals surface area contributed by atoms with E-state index in [0.717, 1.165) is 49.6 Å². The zero-order valence-electron chi connectivity index (χ0n) is 13.1. The molecule has 1 amide bonds. The van der Waals surface area contributed by atoms with E-state index >= 15 is 0 Å². The lowest BCUT2D eigenvalue weighted by atomic mass is 10.1. The number of aromatic nitrogens is 1. The Morgan fingerprint density at radius 1 is 1.13 bits per heavy atom. The molecule has 0 bridgehead atoms. The molecule has 0 N–H and O–H groups in total. The fraction of sp³-hybridized carbons (Fsp3) is 0.389. The van der Waals surface area contributed by atoms with Crippen LogP contribution in [0.2, 0.25) is 0 Å². The molecule has 3 rings (SSSR count). The van der Waals surface area contributed by atoms with Gasteiger partial charge in [-0.25, -0.2) is 8.78 Å². The Morgan fingerprint density at radius 2 is 1.87 bits per heavy atom. The Hall–Kier alpha value is -2.17. The SMILES string of the molecule is Cn1cccc1C1CCCCCN1C(=O)c1cc(F)cc(F)c1. The van der Waals surface area contributed by atoms with Gasteiger partial charge in [-0.15, -0.1) is 0 Å². The highest BCUT2D eigenvalue weighted by molar-refractivity contribution is 5.94. The second-order valence-corrected chi connectivity index (χ2v) is 6.07. The number of halogens is 2. The molecule has 1 unspecified atom stereocenters. The summed E-state index contributed by atoms with van der Waals surface area (Å²) in [5.74, 6) is -1.76. The van der Waals surface area contributed by atoms with Gasteiger partial charge in [0.15, 0.2) is 0 Å². The van der Waals surface area contributed by atoms with Crippen molar-refractivity contribution in [2.45, 2.75) is 31.7 Å². The number of benzene rings is 1. The third-order valence-electron chi connectivity index (χ3n) is 4.45. The third kappa shape index (κ3) is 3.28. The van der Waals surface area contributed by atoms with Gasteiger partial charge in [0.1, 0.15) is 11.6 Å². The average Bonchev–Trinajstić information content (AvgIpc) is 2.79. The van der Waals surface area contributed by atoms with Crippen molar-refractivity contribution >= 4 is 5.91 Å². The highest BCUT2D eigenvalue weighted by atomic mass is 19.1. The molecule has 5 heteroatoms. The maximum absolute atomic E-state index is 13.5. The highest BCUT2D eigenvalue weighted by Crippen LogP contribution is 2.31. The molecule has 0 aliphatic carbocycles. The van der Waals surface area contributed by atoms with Gasteiger partial charge in [0.25, 0.3) is 5.91 Å². The summed E-state index contributed by atoms with van der Waals surface area (Å²) in [5.41, 5.74) is 1.13. The molecule has 0 spiro atoms. The van der Waals surface area contributed by atoms with Gasteiger partial charge in [-0.2, -0.15) is 0 Å². The molecule has 3 nitrogen and oxygen atoms in total. The number of carbonyl (C=O) groups excluding carboxylic acids is 1. The molecule has 1 aliphatic rings. The quantitative estimate of drug-likeness (QED) is 0.820. The summed E-state index contributed by atoms with van der Waals surface area (Å²) in [6.07, 6.45) is 5.82. The van der Waals surface area contributed by atoms with Crippen LogP contribution in [0.15, 0.2) is 36.5 Å². The molecule has 0 radical (unpaired) electrons. The van der Waals surface area contributed by atoms with Gasteiger partial charge < -0.3 is 9.47 Å². The molecule has 1 saturated heterocycles. The summed E-state index contributed by atoms with van der Waals surface area (Å²) in [6.45, 7) is 0.604. The van der Waals surface area contributed by atoms with E-state index in [1.54, 1.807) is 4.90 Å². The summed E-state index contributed by atoms with van der Waals surface area (Å²) in [6, 6.07) is 6.90. The molecule has 1 aromatic carbocycles. The van der Waals surface area contributed by atoms with E-state index in [2.05, 4.69) is 0 Å². The van der Waals surface area contributed by atoms with Gasteiger partial charge >= 0.3 is 0 Å². The molecule has 1 atom stereocenters. The maximum atomic E-state index is 13.5. The standard InChI is InChI=1S/C18H20F2N2O/c1-21-8-5-7-16(21)17-6-3-2-4-9-22(17)18(23)13-10-14(19)12-15(20)11-13/h5,7-8,10-12,17H,2-4,6,9H2,1H3. The van der Waals surface area contributed by atoms with E-state index in [0.29, 0.717) is 6.54 Å². The van der Waals surface area contributed by atoms with E-state index in [9.17, 15) is 13.6 Å². The van der Waals surface area contributed by atoms with Crippen molar-refractivity contribution in [3.05, 3.63) is 59.4 Å². The van der Waals surface area contributed by atoms with Crippen LogP contribution in [-0.2, 0) is 7.05 Å². The van der Waals surface area contributed by atoms with Gasteiger partial charge in [0.05, 0.1) is 6.04 Å². The van der Waals surface area contributed by atoms with Gasteiger partial charge in [0, 0.05) is 37.1 Å². The minimum absolute atomic E-state index is 0.0590. The first-order chi connectivity index (χ1) is 11.1. The molecule has 122 valence electrons. The normalized spacial score (nSPS) is 18.7. The molecule has 1 aromatic heterocycles. The van der Waals surface area contributed by atoms with Crippen LogP contribution in [0.1, 0.15) is 47.8 Å². The van der Waals surface area contributed by atoms with E-state index in [1.165, 1.54) is 0 Å². The lowest BCUT2D eigenvalue weighted by Gasteiger charge is -2.30. The fourth-order valence-corrected chi connectivity index (χ4v) is 3.32. The number of hydrogen-bond acceptors (Lipinski definition) is 1. The Balaban J connectivity index is 1.96. The molecule has 2 heterocycles. The highest BCUT2D eigenvalue weighted by Gasteiger charge is 2.29. The van der Waals surface area contributed by atoms with Crippen molar-refractivity contribution < 1.29 is 13.6 Å². The van der Waals surface area contributed by atoms with Crippen LogP contribution in [0.3, 0.4) is 0 Å². The van der Waals surface area contributed by atoms with Crippen molar-refractivity contribution in [3.63, 3.8) is 0 Å². The number of likely N-dealkylation sites (tertiary alicyclic amines) is 1. The van der Waals surface area contributed by atoms with Gasteiger partial charge in [0.2, 0.25) is 0 Å². The predicted octanol–water partition coefficient (Wildman–Crippen LogP) is 4.06. The monoisotopic (exact) mass is 318 g/mol. The molecule has 23 heavy (non-hydrogen) atoms. The van der Waals surface area contributed by atoms with Crippen molar-refractivity contribution in [1.82, 2.24) is 9.47 Å². The van der Waals surface area contributed by atoms with Crippen LogP contribution in [0.4, 0.5) is 8.78 Å². The number of hydrogen-bond donors (Lipinski definition) is 0. The van der Waals surface area contributed by atoms with Crippen molar-refractivity contribution in [3.8, 4) is 0 Å². The molecule has 0 saturated carbocycles. The maximum Gasteiger partial charge on any atom is 0.254 e. The average molecular weight is 318 g/mol. The van der Waals surface area contributed by atoms with Crippen LogP contribution in [0.25, 0.3) is 0 Å². The van der Waals surface area contributed by atoms with E-state index in [-0.39, 0.29) is 17.5 Å². The molecule has 2 aromatic rings. The largest absolute Gasteiger partial charge is 0.353 e. The van der Waals surface area contributed by atoms with E-state index in [1.807, 2.05) is 29.9 Å². The van der Waals surface area contributed by atoms with Crippen LogP contribution >= 0.6 is 0 Å². The number of nitrogens with zero attached hydrogens (tertiary/aromatic N) is 2. The van der Waals surface area contributed by atoms with Crippen molar-refractivity contribution in [1.29, 1.82) is 0 Å². The first-order valence-corrected chi connectivity index (χ1v) is 7.94. The zero-order chi connectivity index (χ0) is 16.4. The first-order valence-electron chi connectivity index (χ1n) is 7.94. The molecule has 1 fully saturated rings. The lowest BCUT2D eigenvalue weighted by Crippen LogP contribution is -2.35. The van der Waals surface area contributed by atoms with Crippen LogP contribution < -0.4 is 0 Å². The second-order valence-electron chi connectivity index (χ2n) is 6.07. The second kappa shape index (κ2) is 6.52. The minimum atomic E-state index is -0.724. The third-order valence-corrected chi connectivity index (χ3v) is 4.45. The van der Waals surface area contributed by atoms with Crippen LogP contribution in [-0.4, -0.2) is 21.9 Å². The van der Waals surface area contributed by atoms with Crippen molar-refractivity contribution in [2.75, 3.05) is 6.54 Å². The lowest BCUT2D eigenvalue weighted by molar-refractivity contribution is 0.0673. The Kier molecular flexibility index (Phi) is 4.46. The zero-order valence-corrected chi connectivity index (χ0v) is 13.1. The Labute approximate surface area is 134 Å². The van der Waals surface area contributed by atoms with Gasteiger partial charge in [-0.05, 0) is 37.1 Å². The summed E-state index contributed by atoms with van der Waals surface area (Å²) in [5, 5.41) is 0. The summed E-state index contributed by atoms with van der Waals surface area (Å²) < 4.78 is 28.9.